The van der Waals surface area contributed by atoms with Gasteiger partial charge in [0.05, 0.1) is 5.69 Å². The van der Waals surface area contributed by atoms with Crippen LogP contribution in [0, 0.1) is 12.8 Å². The van der Waals surface area contributed by atoms with Gasteiger partial charge < -0.3 is 9.84 Å². The van der Waals surface area contributed by atoms with Crippen molar-refractivity contribution in [1.29, 1.82) is 0 Å². The van der Waals surface area contributed by atoms with Crippen molar-refractivity contribution in [2.45, 2.75) is 26.2 Å². The molecule has 0 spiro atoms. The summed E-state index contributed by atoms with van der Waals surface area (Å²) in [5, 5.41) is 8.67. The second-order valence-corrected chi connectivity index (χ2v) is 5.70. The van der Waals surface area contributed by atoms with Crippen molar-refractivity contribution in [3.8, 4) is 10.8 Å². The Kier molecular flexibility index (Phi) is 3.64. The minimum absolute atomic E-state index is 0.0529. The average molecular weight is 289 g/mol. The molecule has 20 heavy (non-hydrogen) atoms. The first kappa shape index (κ1) is 13.1. The lowest BCUT2D eigenvalue weighted by Crippen LogP contribution is -2.23. The third kappa shape index (κ3) is 2.65. The Morgan fingerprint density at radius 1 is 1.50 bits per heavy atom. The standard InChI is InChI=1S/C14H15N3O2S/c1-9-15-14(19-17-9)12-11(7-8-20-12)16-13(18)10-5-3-2-4-6-10/h2-3,7-8,10H,4-6H2,1H3,(H,16,18)/t10-/m1/s1. The summed E-state index contributed by atoms with van der Waals surface area (Å²) in [7, 11) is 0. The highest BCUT2D eigenvalue weighted by molar-refractivity contribution is 7.14. The van der Waals surface area contributed by atoms with E-state index in [9.17, 15) is 4.79 Å². The molecule has 1 aliphatic rings. The van der Waals surface area contributed by atoms with Crippen LogP contribution < -0.4 is 5.32 Å². The topological polar surface area (TPSA) is 68.0 Å². The van der Waals surface area contributed by atoms with Gasteiger partial charge in [-0.05, 0) is 37.6 Å². The van der Waals surface area contributed by atoms with E-state index in [2.05, 4.69) is 27.6 Å². The van der Waals surface area contributed by atoms with Crippen LogP contribution in [0.1, 0.15) is 25.1 Å². The van der Waals surface area contributed by atoms with Gasteiger partial charge in [-0.15, -0.1) is 11.3 Å². The number of rotatable bonds is 3. The number of hydrogen-bond donors (Lipinski definition) is 1. The van der Waals surface area contributed by atoms with Crippen LogP contribution in [0.2, 0.25) is 0 Å². The predicted octanol–water partition coefficient (Wildman–Crippen LogP) is 3.40. The van der Waals surface area contributed by atoms with Gasteiger partial charge in [0.2, 0.25) is 5.91 Å². The number of carbonyl (C=O) groups excluding carboxylic acids is 1. The molecule has 0 fully saturated rings. The zero-order valence-corrected chi connectivity index (χ0v) is 11.9. The molecule has 1 amide bonds. The monoisotopic (exact) mass is 289 g/mol. The Labute approximate surface area is 120 Å². The van der Waals surface area contributed by atoms with Crippen molar-refractivity contribution in [3.63, 3.8) is 0 Å². The molecular weight excluding hydrogens is 274 g/mol. The van der Waals surface area contributed by atoms with Crippen LogP contribution in [-0.4, -0.2) is 16.0 Å². The van der Waals surface area contributed by atoms with Gasteiger partial charge >= 0.3 is 0 Å². The highest BCUT2D eigenvalue weighted by Crippen LogP contribution is 2.33. The van der Waals surface area contributed by atoms with E-state index >= 15 is 0 Å². The second-order valence-electron chi connectivity index (χ2n) is 4.78. The minimum atomic E-state index is 0.0529. The Hall–Kier alpha value is -1.95. The third-order valence-electron chi connectivity index (χ3n) is 3.28. The maximum atomic E-state index is 12.2. The Balaban J connectivity index is 1.76. The summed E-state index contributed by atoms with van der Waals surface area (Å²) in [5.41, 5.74) is 0.748. The van der Waals surface area contributed by atoms with Crippen molar-refractivity contribution in [3.05, 3.63) is 29.4 Å². The first-order valence-electron chi connectivity index (χ1n) is 6.58. The first-order chi connectivity index (χ1) is 9.74. The van der Waals surface area contributed by atoms with E-state index in [0.717, 1.165) is 29.8 Å². The normalized spacial score (nSPS) is 18.1. The number of nitrogens with zero attached hydrogens (tertiary/aromatic N) is 2. The number of allylic oxidation sites excluding steroid dienone is 2. The number of carbonyl (C=O) groups is 1. The summed E-state index contributed by atoms with van der Waals surface area (Å²) in [4.78, 5) is 17.3. The molecule has 3 rings (SSSR count). The Morgan fingerprint density at radius 2 is 2.40 bits per heavy atom. The van der Waals surface area contributed by atoms with E-state index in [1.165, 1.54) is 11.3 Å². The SMILES string of the molecule is Cc1noc(-c2sccc2NC(=O)[C@@H]2CC=CCC2)n1. The van der Waals surface area contributed by atoms with Crippen LogP contribution in [0.15, 0.2) is 28.1 Å². The quantitative estimate of drug-likeness (QED) is 0.879. The summed E-state index contributed by atoms with van der Waals surface area (Å²) in [6.07, 6.45) is 6.88. The van der Waals surface area contributed by atoms with Gasteiger partial charge in [0.15, 0.2) is 5.82 Å². The molecule has 0 saturated carbocycles. The molecule has 0 unspecified atom stereocenters. The molecule has 0 aliphatic heterocycles. The van der Waals surface area contributed by atoms with Crippen molar-refractivity contribution in [2.75, 3.05) is 5.32 Å². The van der Waals surface area contributed by atoms with Crippen molar-refractivity contribution in [2.24, 2.45) is 5.92 Å². The van der Waals surface area contributed by atoms with E-state index in [4.69, 9.17) is 4.52 Å². The molecular formula is C14H15N3O2S. The van der Waals surface area contributed by atoms with Crippen molar-refractivity contribution < 1.29 is 9.32 Å². The average Bonchev–Trinajstić information content (AvgIpc) is 3.08. The lowest BCUT2D eigenvalue weighted by atomic mass is 9.93. The van der Waals surface area contributed by atoms with Gasteiger partial charge in [0, 0.05) is 5.92 Å². The highest BCUT2D eigenvalue weighted by atomic mass is 32.1. The van der Waals surface area contributed by atoms with Gasteiger partial charge in [0.25, 0.3) is 5.89 Å². The Bertz CT molecular complexity index is 644. The lowest BCUT2D eigenvalue weighted by Gasteiger charge is -2.17. The molecule has 104 valence electrons. The molecule has 2 heterocycles. The molecule has 0 saturated heterocycles. The van der Waals surface area contributed by atoms with Crippen LogP contribution in [0.25, 0.3) is 10.8 Å². The summed E-state index contributed by atoms with van der Waals surface area (Å²) < 4.78 is 5.16. The first-order valence-corrected chi connectivity index (χ1v) is 7.46. The molecule has 6 heteroatoms. The van der Waals surface area contributed by atoms with Crippen LogP contribution in [0.4, 0.5) is 5.69 Å². The number of thiophene rings is 1. The smallest absolute Gasteiger partial charge is 0.270 e. The van der Waals surface area contributed by atoms with Gasteiger partial charge in [-0.25, -0.2) is 0 Å². The Morgan fingerprint density at radius 3 is 3.10 bits per heavy atom. The van der Waals surface area contributed by atoms with Gasteiger partial charge in [-0.3, -0.25) is 4.79 Å². The number of amides is 1. The molecule has 0 bridgehead atoms. The van der Waals surface area contributed by atoms with Crippen molar-refractivity contribution in [1.82, 2.24) is 10.1 Å². The second kappa shape index (κ2) is 5.58. The van der Waals surface area contributed by atoms with Crippen LogP contribution in [0.3, 0.4) is 0 Å². The number of nitrogens with one attached hydrogen (secondary N) is 1. The lowest BCUT2D eigenvalue weighted by molar-refractivity contribution is -0.120. The fourth-order valence-electron chi connectivity index (χ4n) is 2.23. The van der Waals surface area contributed by atoms with E-state index in [-0.39, 0.29) is 11.8 Å². The zero-order valence-electron chi connectivity index (χ0n) is 11.1. The maximum absolute atomic E-state index is 12.2. The van der Waals surface area contributed by atoms with Crippen LogP contribution in [0.5, 0.6) is 0 Å². The van der Waals surface area contributed by atoms with Gasteiger partial charge in [0.1, 0.15) is 4.88 Å². The number of anilines is 1. The third-order valence-corrected chi connectivity index (χ3v) is 4.19. The summed E-state index contributed by atoms with van der Waals surface area (Å²) >= 11 is 1.48. The number of hydrogen-bond acceptors (Lipinski definition) is 5. The predicted molar refractivity (Wildman–Crippen MR) is 77.5 cm³/mol. The summed E-state index contributed by atoms with van der Waals surface area (Å²) in [6, 6.07) is 1.87. The number of aryl methyl sites for hydroxylation is 1. The highest BCUT2D eigenvalue weighted by Gasteiger charge is 2.21. The largest absolute Gasteiger partial charge is 0.333 e. The van der Waals surface area contributed by atoms with Crippen LogP contribution >= 0.6 is 11.3 Å². The molecule has 2 aromatic rings. The molecule has 1 N–H and O–H groups in total. The molecule has 2 aromatic heterocycles. The zero-order chi connectivity index (χ0) is 13.9. The molecule has 0 aromatic carbocycles. The fourth-order valence-corrected chi connectivity index (χ4v) is 3.00. The molecule has 1 atom stereocenters. The maximum Gasteiger partial charge on any atom is 0.270 e. The fraction of sp³-hybridized carbons (Fsp3) is 0.357. The van der Waals surface area contributed by atoms with E-state index in [1.807, 2.05) is 11.4 Å². The van der Waals surface area contributed by atoms with Crippen LogP contribution in [-0.2, 0) is 4.79 Å². The molecule has 5 nitrogen and oxygen atoms in total. The molecule has 0 radical (unpaired) electrons. The number of aromatic nitrogens is 2. The summed E-state index contributed by atoms with van der Waals surface area (Å²) in [6.45, 7) is 1.77. The summed E-state index contributed by atoms with van der Waals surface area (Å²) in [5.74, 6) is 1.15. The van der Waals surface area contributed by atoms with E-state index in [0.29, 0.717) is 11.7 Å². The van der Waals surface area contributed by atoms with Gasteiger partial charge in [-0.2, -0.15) is 4.98 Å². The van der Waals surface area contributed by atoms with E-state index in [1.54, 1.807) is 6.92 Å². The van der Waals surface area contributed by atoms with Gasteiger partial charge in [-0.1, -0.05) is 17.3 Å². The minimum Gasteiger partial charge on any atom is -0.333 e. The van der Waals surface area contributed by atoms with Crippen molar-refractivity contribution >= 4 is 22.9 Å². The molecule has 1 aliphatic carbocycles. The van der Waals surface area contributed by atoms with E-state index < -0.39 is 0 Å².